The largest absolute Gasteiger partial charge is 0.481 e. The van der Waals surface area contributed by atoms with Crippen LogP contribution in [0.25, 0.3) is 0 Å². The van der Waals surface area contributed by atoms with Crippen molar-refractivity contribution >= 4 is 23.7 Å². The number of nitrogens with zero attached hydrogens (tertiary/aromatic N) is 3. The Morgan fingerprint density at radius 3 is 2.08 bits per heavy atom. The maximum absolute atomic E-state index is 14.2. The van der Waals surface area contributed by atoms with Crippen LogP contribution in [0.5, 0.6) is 0 Å². The van der Waals surface area contributed by atoms with E-state index in [4.69, 9.17) is 9.47 Å². The van der Waals surface area contributed by atoms with Crippen molar-refractivity contribution in [2.24, 2.45) is 23.2 Å². The lowest BCUT2D eigenvalue weighted by Gasteiger charge is -2.42. The standard InChI is InChI=1S/C38H64N4O7/c1-13-26(6)33(41(10)36(45)31(24(2)3)39-35(44)32(25(4)5)40(8)9)29(48-11)22-30(43)42-21-17-20-28(42)34(49-12)38(7,37(46)47)23-27-18-15-14-16-19-27/h14-16,18-19,24-26,28-29,31-34H,13,17,20-23H2,1-12H3,(H,39,44)(H,46,47)/t26-,28-,29+,31-,32-,33-,34-,38+/m0/s1. The van der Waals surface area contributed by atoms with E-state index in [0.717, 1.165) is 18.4 Å². The Labute approximate surface area is 295 Å². The van der Waals surface area contributed by atoms with Crippen molar-refractivity contribution in [2.45, 2.75) is 117 Å². The summed E-state index contributed by atoms with van der Waals surface area (Å²) in [6, 6.07) is 7.42. The molecule has 1 aliphatic rings. The van der Waals surface area contributed by atoms with E-state index in [-0.39, 0.29) is 48.3 Å². The lowest BCUT2D eigenvalue weighted by molar-refractivity contribution is -0.163. The zero-order valence-corrected chi connectivity index (χ0v) is 32.1. The summed E-state index contributed by atoms with van der Waals surface area (Å²) >= 11 is 0. The number of benzene rings is 1. The number of likely N-dealkylation sites (N-methyl/N-ethyl adjacent to an activating group) is 2. The van der Waals surface area contributed by atoms with Crippen molar-refractivity contribution in [1.29, 1.82) is 0 Å². The van der Waals surface area contributed by atoms with Crippen LogP contribution in [0, 0.1) is 23.2 Å². The number of nitrogens with one attached hydrogen (secondary N) is 1. The average Bonchev–Trinajstić information content (AvgIpc) is 3.52. The number of carboxylic acid groups (broad SMARTS) is 1. The van der Waals surface area contributed by atoms with Gasteiger partial charge in [0.05, 0.1) is 42.2 Å². The van der Waals surface area contributed by atoms with Gasteiger partial charge in [-0.05, 0) is 63.6 Å². The topological polar surface area (TPSA) is 129 Å². The van der Waals surface area contributed by atoms with E-state index in [2.05, 4.69) is 5.32 Å². The highest BCUT2D eigenvalue weighted by molar-refractivity contribution is 5.90. The molecule has 2 N–H and O–H groups in total. The van der Waals surface area contributed by atoms with Crippen molar-refractivity contribution < 1.29 is 33.8 Å². The maximum Gasteiger partial charge on any atom is 0.312 e. The van der Waals surface area contributed by atoms with Crippen LogP contribution in [0.15, 0.2) is 30.3 Å². The van der Waals surface area contributed by atoms with Gasteiger partial charge >= 0.3 is 5.97 Å². The molecule has 2 rings (SSSR count). The molecule has 3 amide bonds. The molecule has 11 nitrogen and oxygen atoms in total. The molecule has 1 aromatic rings. The van der Waals surface area contributed by atoms with Crippen LogP contribution in [-0.2, 0) is 35.1 Å². The summed E-state index contributed by atoms with van der Waals surface area (Å²) in [5.74, 6) is -1.74. The summed E-state index contributed by atoms with van der Waals surface area (Å²) in [4.78, 5) is 59.8. The normalized spacial score (nSPS) is 20.0. The molecule has 0 aromatic heterocycles. The van der Waals surface area contributed by atoms with Gasteiger partial charge in [-0.3, -0.25) is 24.1 Å². The number of amides is 3. The molecule has 0 unspecified atom stereocenters. The predicted octanol–water partition coefficient (Wildman–Crippen LogP) is 4.33. The number of rotatable bonds is 19. The number of likely N-dealkylation sites (tertiary alicyclic amines) is 1. The summed E-state index contributed by atoms with van der Waals surface area (Å²) in [7, 11) is 8.50. The second-order valence-corrected chi connectivity index (χ2v) is 15.0. The fourth-order valence-corrected chi connectivity index (χ4v) is 7.70. The molecule has 0 bridgehead atoms. The summed E-state index contributed by atoms with van der Waals surface area (Å²) in [5, 5.41) is 13.5. The Morgan fingerprint density at radius 1 is 1.00 bits per heavy atom. The Balaban J connectivity index is 2.37. The molecule has 1 heterocycles. The lowest BCUT2D eigenvalue weighted by atomic mass is 9.75. The SMILES string of the molecule is CC[C@H](C)[C@@H]([C@@H](CC(=O)N1CCC[C@H]1[C@H](OC)[C@@](C)(Cc1ccccc1)C(=O)O)OC)N(C)C(=O)[C@@H](NC(=O)[C@H](C(C)C)N(C)C)C(C)C. The van der Waals surface area contributed by atoms with Crippen molar-refractivity contribution in [3.63, 3.8) is 0 Å². The third-order valence-electron chi connectivity index (χ3n) is 10.5. The van der Waals surface area contributed by atoms with E-state index in [1.807, 2.05) is 90.9 Å². The second-order valence-electron chi connectivity index (χ2n) is 15.0. The van der Waals surface area contributed by atoms with Gasteiger partial charge < -0.3 is 29.7 Å². The first kappa shape index (κ1) is 42.1. The van der Waals surface area contributed by atoms with E-state index < -0.39 is 47.8 Å². The Bertz CT molecular complexity index is 1220. The highest BCUT2D eigenvalue weighted by atomic mass is 16.5. The zero-order chi connectivity index (χ0) is 37.2. The molecule has 11 heteroatoms. The minimum Gasteiger partial charge on any atom is -0.481 e. The predicted molar refractivity (Wildman–Crippen MR) is 192 cm³/mol. The lowest BCUT2D eigenvalue weighted by Crippen LogP contribution is -2.60. The minimum absolute atomic E-state index is 0.00723. The number of ether oxygens (including phenoxy) is 2. The molecule has 8 atom stereocenters. The van der Waals surface area contributed by atoms with Gasteiger partial charge in [-0.25, -0.2) is 0 Å². The molecule has 1 aromatic carbocycles. The smallest absolute Gasteiger partial charge is 0.312 e. The fraction of sp³-hybridized carbons (Fsp3) is 0.737. The number of hydrogen-bond donors (Lipinski definition) is 2. The van der Waals surface area contributed by atoms with Gasteiger partial charge in [0.25, 0.3) is 0 Å². The van der Waals surface area contributed by atoms with Gasteiger partial charge in [0, 0.05) is 27.8 Å². The molecule has 1 fully saturated rings. The number of aliphatic carboxylic acids is 1. The molecular formula is C38H64N4O7. The van der Waals surface area contributed by atoms with Gasteiger partial charge in [-0.15, -0.1) is 0 Å². The van der Waals surface area contributed by atoms with Crippen molar-refractivity contribution in [3.05, 3.63) is 35.9 Å². The number of methoxy groups -OCH3 is 2. The van der Waals surface area contributed by atoms with Crippen LogP contribution < -0.4 is 5.32 Å². The monoisotopic (exact) mass is 688 g/mol. The van der Waals surface area contributed by atoms with Gasteiger partial charge in [-0.1, -0.05) is 78.3 Å². The average molecular weight is 689 g/mol. The van der Waals surface area contributed by atoms with Gasteiger partial charge in [-0.2, -0.15) is 0 Å². The van der Waals surface area contributed by atoms with E-state index in [1.165, 1.54) is 7.11 Å². The highest BCUT2D eigenvalue weighted by Gasteiger charge is 2.50. The molecule has 0 spiro atoms. The third-order valence-corrected chi connectivity index (χ3v) is 10.5. The summed E-state index contributed by atoms with van der Waals surface area (Å²) in [6.45, 7) is 14.0. The van der Waals surface area contributed by atoms with Gasteiger partial charge in [0.1, 0.15) is 6.04 Å². The van der Waals surface area contributed by atoms with Gasteiger partial charge in [0.15, 0.2) is 0 Å². The Morgan fingerprint density at radius 2 is 1.61 bits per heavy atom. The molecular weight excluding hydrogens is 624 g/mol. The molecule has 0 radical (unpaired) electrons. The van der Waals surface area contributed by atoms with Crippen LogP contribution in [-0.4, -0.2) is 122 Å². The fourth-order valence-electron chi connectivity index (χ4n) is 7.70. The molecule has 0 aliphatic carbocycles. The second kappa shape index (κ2) is 18.8. The highest BCUT2D eigenvalue weighted by Crippen LogP contribution is 2.37. The summed E-state index contributed by atoms with van der Waals surface area (Å²) in [5.41, 5.74) is -0.403. The van der Waals surface area contributed by atoms with Crippen molar-refractivity contribution in [2.75, 3.05) is 41.9 Å². The van der Waals surface area contributed by atoms with Crippen LogP contribution in [0.4, 0.5) is 0 Å². The number of carbonyl (C=O) groups excluding carboxylic acids is 3. The third kappa shape index (κ3) is 10.3. The van der Waals surface area contributed by atoms with E-state index >= 15 is 0 Å². The van der Waals surface area contributed by atoms with Crippen LogP contribution in [0.1, 0.15) is 79.7 Å². The first-order valence-electron chi connectivity index (χ1n) is 17.8. The number of carboxylic acids is 1. The molecule has 1 saturated heterocycles. The molecule has 278 valence electrons. The van der Waals surface area contributed by atoms with Gasteiger partial charge in [0.2, 0.25) is 17.7 Å². The van der Waals surface area contributed by atoms with E-state index in [9.17, 15) is 24.3 Å². The summed E-state index contributed by atoms with van der Waals surface area (Å²) in [6.07, 6.45) is 0.952. The number of carbonyl (C=O) groups is 4. The molecule has 49 heavy (non-hydrogen) atoms. The Hall–Kier alpha value is -3.02. The van der Waals surface area contributed by atoms with Crippen LogP contribution in [0.2, 0.25) is 0 Å². The molecule has 0 saturated carbocycles. The van der Waals surface area contributed by atoms with Crippen molar-refractivity contribution in [3.8, 4) is 0 Å². The van der Waals surface area contributed by atoms with E-state index in [1.54, 1.807) is 30.9 Å². The number of hydrogen-bond acceptors (Lipinski definition) is 7. The summed E-state index contributed by atoms with van der Waals surface area (Å²) < 4.78 is 12.0. The maximum atomic E-state index is 14.2. The first-order chi connectivity index (χ1) is 23.0. The van der Waals surface area contributed by atoms with Crippen LogP contribution in [0.3, 0.4) is 0 Å². The Kier molecular flexibility index (Phi) is 16.2. The molecule has 1 aliphatic heterocycles. The quantitative estimate of drug-likeness (QED) is 0.220. The zero-order valence-electron chi connectivity index (χ0n) is 32.1. The van der Waals surface area contributed by atoms with Crippen LogP contribution >= 0.6 is 0 Å². The first-order valence-corrected chi connectivity index (χ1v) is 17.8. The van der Waals surface area contributed by atoms with Crippen molar-refractivity contribution in [1.82, 2.24) is 20.0 Å². The minimum atomic E-state index is -1.28. The van der Waals surface area contributed by atoms with E-state index in [0.29, 0.717) is 13.0 Å².